The summed E-state index contributed by atoms with van der Waals surface area (Å²) < 4.78 is 83.3. The number of nitrogens with zero attached hydrogens (tertiary/aromatic N) is 4. The Hall–Kier alpha value is -4.90. The third-order valence-electron chi connectivity index (χ3n) is 7.05. The van der Waals surface area contributed by atoms with Crippen molar-refractivity contribution >= 4 is 11.0 Å². The summed E-state index contributed by atoms with van der Waals surface area (Å²) in [5.74, 6) is -1.47. The molecule has 0 aliphatic carbocycles. The van der Waals surface area contributed by atoms with Crippen molar-refractivity contribution in [1.82, 2.24) is 14.5 Å². The lowest BCUT2D eigenvalue weighted by atomic mass is 10.0. The van der Waals surface area contributed by atoms with Crippen molar-refractivity contribution in [3.63, 3.8) is 0 Å². The van der Waals surface area contributed by atoms with Gasteiger partial charge in [0.2, 0.25) is 5.88 Å². The first-order valence-corrected chi connectivity index (χ1v) is 13.5. The van der Waals surface area contributed by atoms with E-state index >= 15 is 4.39 Å². The number of halogens is 5. The van der Waals surface area contributed by atoms with Gasteiger partial charge in [0.05, 0.1) is 40.5 Å². The van der Waals surface area contributed by atoms with Gasteiger partial charge in [-0.05, 0) is 42.0 Å². The summed E-state index contributed by atoms with van der Waals surface area (Å²) in [7, 11) is 1.52. The number of hydrogen-bond acceptors (Lipinski definition) is 7. The Morgan fingerprint density at radius 3 is 2.36 bits per heavy atom. The van der Waals surface area contributed by atoms with Crippen LogP contribution in [-0.4, -0.2) is 38.5 Å². The van der Waals surface area contributed by atoms with Gasteiger partial charge in [0.1, 0.15) is 24.1 Å². The summed E-state index contributed by atoms with van der Waals surface area (Å²) in [6.45, 7) is 0.187. The van der Waals surface area contributed by atoms with Crippen molar-refractivity contribution in [3.05, 3.63) is 112 Å². The summed E-state index contributed by atoms with van der Waals surface area (Å²) in [5.41, 5.74) is 0.410. The number of imidazole rings is 1. The molecule has 232 valence electrons. The highest BCUT2D eigenvalue weighted by atomic mass is 19.4. The predicted octanol–water partition coefficient (Wildman–Crippen LogP) is 6.07. The SMILES string of the molecule is COCCn1c(Cc2ccc(-c3cc(C(F)(F)F)cc(OCc4ccc(C#N)cc4F)n3)cc2F)nc2ccc(C(O)O)cc21. The molecule has 13 heteroatoms. The lowest BCUT2D eigenvalue weighted by Gasteiger charge is -2.14. The van der Waals surface area contributed by atoms with Gasteiger partial charge >= 0.3 is 6.18 Å². The number of pyridine rings is 1. The molecule has 0 bridgehead atoms. The zero-order valence-electron chi connectivity index (χ0n) is 23.6. The normalized spacial score (nSPS) is 11.7. The quantitative estimate of drug-likeness (QED) is 0.143. The van der Waals surface area contributed by atoms with Crippen molar-refractivity contribution in [3.8, 4) is 23.2 Å². The second-order valence-corrected chi connectivity index (χ2v) is 10.1. The Balaban J connectivity index is 1.45. The number of ether oxygens (including phenoxy) is 2. The zero-order chi connectivity index (χ0) is 32.3. The van der Waals surface area contributed by atoms with Crippen molar-refractivity contribution in [2.45, 2.75) is 32.0 Å². The number of fused-ring (bicyclic) bond motifs is 1. The molecule has 0 aliphatic heterocycles. The van der Waals surface area contributed by atoms with Crippen LogP contribution in [0.25, 0.3) is 22.3 Å². The molecule has 0 atom stereocenters. The van der Waals surface area contributed by atoms with Crippen LogP contribution in [0, 0.1) is 23.0 Å². The number of methoxy groups -OCH3 is 1. The molecule has 45 heavy (non-hydrogen) atoms. The molecule has 0 amide bonds. The number of aliphatic hydroxyl groups excluding tert-OH is 1. The summed E-state index contributed by atoms with van der Waals surface area (Å²) in [6.07, 6.45) is -6.45. The minimum atomic E-state index is -4.78. The van der Waals surface area contributed by atoms with E-state index in [-0.39, 0.29) is 39.9 Å². The first kappa shape index (κ1) is 31.5. The number of hydrogen-bond donors (Lipinski definition) is 2. The topological polar surface area (TPSA) is 113 Å². The summed E-state index contributed by atoms with van der Waals surface area (Å²) in [5, 5.41) is 28.1. The molecule has 8 nitrogen and oxygen atoms in total. The van der Waals surface area contributed by atoms with Crippen LogP contribution in [0.2, 0.25) is 0 Å². The highest BCUT2D eigenvalue weighted by molar-refractivity contribution is 5.77. The fourth-order valence-electron chi connectivity index (χ4n) is 4.71. The molecule has 0 radical (unpaired) electrons. The van der Waals surface area contributed by atoms with E-state index in [0.717, 1.165) is 18.2 Å². The van der Waals surface area contributed by atoms with Crippen LogP contribution in [0.4, 0.5) is 22.0 Å². The van der Waals surface area contributed by atoms with Gasteiger partial charge in [-0.3, -0.25) is 0 Å². The van der Waals surface area contributed by atoms with E-state index in [1.54, 1.807) is 22.8 Å². The standard InChI is InChI=1S/C32H25F5N4O4/c1-44-9-8-41-28-12-21(31(42)43)6-7-26(28)39-29(41)13-19-4-5-20(11-25(19)34)27-14-23(32(35,36)37)15-30(40-27)45-17-22-3-2-18(16-38)10-24(22)33/h2-7,10-12,14-15,31,42-43H,8-9,13,17H2,1H3. The molecule has 0 spiro atoms. The van der Waals surface area contributed by atoms with Crippen LogP contribution in [0.5, 0.6) is 5.88 Å². The van der Waals surface area contributed by atoms with Crippen molar-refractivity contribution in [2.24, 2.45) is 0 Å². The van der Waals surface area contributed by atoms with Gasteiger partial charge in [-0.2, -0.15) is 18.4 Å². The fraction of sp³-hybridized carbons (Fsp3) is 0.219. The van der Waals surface area contributed by atoms with E-state index in [0.29, 0.717) is 36.1 Å². The van der Waals surface area contributed by atoms with E-state index in [1.807, 2.05) is 0 Å². The van der Waals surface area contributed by atoms with E-state index < -0.39 is 42.2 Å². The van der Waals surface area contributed by atoms with Crippen molar-refractivity contribution in [1.29, 1.82) is 5.26 Å². The minimum absolute atomic E-state index is 0.00504. The van der Waals surface area contributed by atoms with Crippen LogP contribution in [-0.2, 0) is 30.5 Å². The Labute approximate surface area is 253 Å². The van der Waals surface area contributed by atoms with Crippen LogP contribution in [0.1, 0.15) is 39.9 Å². The molecule has 3 aromatic carbocycles. The highest BCUT2D eigenvalue weighted by Gasteiger charge is 2.32. The first-order chi connectivity index (χ1) is 21.5. The Kier molecular flexibility index (Phi) is 9.10. The molecular weight excluding hydrogens is 599 g/mol. The van der Waals surface area contributed by atoms with Crippen LogP contribution in [0.3, 0.4) is 0 Å². The number of benzene rings is 3. The number of aliphatic hydroxyl groups is 2. The molecule has 2 heterocycles. The Morgan fingerprint density at radius 2 is 1.69 bits per heavy atom. The first-order valence-electron chi connectivity index (χ1n) is 13.5. The second kappa shape index (κ2) is 13.0. The summed E-state index contributed by atoms with van der Waals surface area (Å²) in [6, 6.07) is 15.4. The van der Waals surface area contributed by atoms with E-state index in [1.165, 1.54) is 37.4 Å². The summed E-state index contributed by atoms with van der Waals surface area (Å²) >= 11 is 0. The van der Waals surface area contributed by atoms with Crippen LogP contribution < -0.4 is 4.74 Å². The molecule has 2 N–H and O–H groups in total. The molecule has 0 fully saturated rings. The minimum Gasteiger partial charge on any atom is -0.473 e. The van der Waals surface area contributed by atoms with E-state index in [4.69, 9.17) is 14.7 Å². The maximum Gasteiger partial charge on any atom is 0.416 e. The number of nitriles is 1. The van der Waals surface area contributed by atoms with Crippen molar-refractivity contribution in [2.75, 3.05) is 13.7 Å². The molecule has 2 aromatic heterocycles. The van der Waals surface area contributed by atoms with Gasteiger partial charge in [0.15, 0.2) is 6.29 Å². The van der Waals surface area contributed by atoms with Gasteiger partial charge in [0.25, 0.3) is 0 Å². The third-order valence-corrected chi connectivity index (χ3v) is 7.05. The Bertz CT molecular complexity index is 1900. The number of aromatic nitrogens is 3. The highest BCUT2D eigenvalue weighted by Crippen LogP contribution is 2.35. The van der Waals surface area contributed by atoms with Crippen LogP contribution in [0.15, 0.2) is 66.7 Å². The average molecular weight is 625 g/mol. The lowest BCUT2D eigenvalue weighted by molar-refractivity contribution is -0.137. The van der Waals surface area contributed by atoms with Crippen molar-refractivity contribution < 1.29 is 41.6 Å². The van der Waals surface area contributed by atoms with Crippen LogP contribution >= 0.6 is 0 Å². The molecule has 0 unspecified atom stereocenters. The third kappa shape index (κ3) is 7.09. The monoisotopic (exact) mass is 624 g/mol. The molecule has 0 saturated carbocycles. The summed E-state index contributed by atoms with van der Waals surface area (Å²) in [4.78, 5) is 8.69. The smallest absolute Gasteiger partial charge is 0.416 e. The van der Waals surface area contributed by atoms with Gasteiger partial charge < -0.3 is 24.3 Å². The Morgan fingerprint density at radius 1 is 0.933 bits per heavy atom. The molecule has 5 aromatic rings. The maximum atomic E-state index is 15.5. The van der Waals surface area contributed by atoms with Gasteiger partial charge in [-0.1, -0.05) is 24.3 Å². The van der Waals surface area contributed by atoms with Gasteiger partial charge in [-0.15, -0.1) is 0 Å². The molecular formula is C32H25F5N4O4. The molecule has 0 aliphatic rings. The molecule has 0 saturated heterocycles. The number of rotatable bonds is 10. The zero-order valence-corrected chi connectivity index (χ0v) is 23.6. The maximum absolute atomic E-state index is 15.5. The molecule has 5 rings (SSSR count). The number of alkyl halides is 3. The largest absolute Gasteiger partial charge is 0.473 e. The van der Waals surface area contributed by atoms with E-state index in [2.05, 4.69) is 9.97 Å². The lowest BCUT2D eigenvalue weighted by Crippen LogP contribution is -2.10. The average Bonchev–Trinajstić information content (AvgIpc) is 3.35. The fourth-order valence-corrected chi connectivity index (χ4v) is 4.71. The predicted molar refractivity (Wildman–Crippen MR) is 152 cm³/mol. The van der Waals surface area contributed by atoms with Gasteiger partial charge in [0, 0.05) is 42.8 Å². The second-order valence-electron chi connectivity index (χ2n) is 10.1. The van der Waals surface area contributed by atoms with E-state index in [9.17, 15) is 27.8 Å². The van der Waals surface area contributed by atoms with Gasteiger partial charge in [-0.25, -0.2) is 18.7 Å².